The fourth-order valence-electron chi connectivity index (χ4n) is 6.65. The average Bonchev–Trinajstić information content (AvgIpc) is 3.50. The summed E-state index contributed by atoms with van der Waals surface area (Å²) in [5, 5.41) is 14.9. The second-order valence-electron chi connectivity index (χ2n) is 12.8. The molecule has 5 atom stereocenters. The second kappa shape index (κ2) is 18.6. The van der Waals surface area contributed by atoms with Gasteiger partial charge in [-0.1, -0.05) is 77.3 Å². The van der Waals surface area contributed by atoms with Crippen molar-refractivity contribution in [3.63, 3.8) is 0 Å². The Hall–Kier alpha value is -5.84. The Morgan fingerprint density at radius 3 is 2.07 bits per heavy atom. The topological polar surface area (TPSA) is 203 Å². The number of nitrogens with zero attached hydrogens (tertiary/aromatic N) is 2. The van der Waals surface area contributed by atoms with Crippen LogP contribution in [0.15, 0.2) is 126 Å². The molecule has 58 heavy (non-hydrogen) atoms. The van der Waals surface area contributed by atoms with E-state index in [9.17, 15) is 28.9 Å². The minimum atomic E-state index is -3.58. The lowest BCUT2D eigenvalue weighted by molar-refractivity contribution is -0.234. The number of nitrogens with one attached hydrogen (secondary N) is 1. The number of anilines is 1. The number of benzene rings is 4. The molecular formula is C41H41N3O13P+. The SMILES string of the molecule is CCOC(=O)CO[C@H]1[C@H](n2ccc(NC(=O)c3ccccc3)nc2=O)O[C@H](COC(c2ccccc2)(c2cccc(OC)c2)c2cccc(OC)c2)[C@@]1(O)O[P+](=O)O. The Kier molecular flexibility index (Phi) is 13.4. The molecule has 16 nitrogen and oxygen atoms in total. The quantitative estimate of drug-likeness (QED) is 0.0504. The molecule has 302 valence electrons. The smallest absolute Gasteiger partial charge is 0.497 e. The molecule has 0 bridgehead atoms. The molecule has 1 aromatic heterocycles. The van der Waals surface area contributed by atoms with E-state index in [2.05, 4.69) is 10.3 Å². The number of amides is 1. The maximum Gasteiger partial charge on any atom is 0.697 e. The van der Waals surface area contributed by atoms with Crippen molar-refractivity contribution in [2.24, 2.45) is 0 Å². The summed E-state index contributed by atoms with van der Waals surface area (Å²) in [6.07, 6.45) is -3.98. The molecule has 0 aliphatic carbocycles. The Labute approximate surface area is 333 Å². The summed E-state index contributed by atoms with van der Waals surface area (Å²) >= 11 is 0. The molecule has 5 aromatic rings. The van der Waals surface area contributed by atoms with Crippen molar-refractivity contribution in [1.29, 1.82) is 0 Å². The van der Waals surface area contributed by atoms with Gasteiger partial charge in [0, 0.05) is 16.3 Å². The van der Waals surface area contributed by atoms with Crippen molar-refractivity contribution in [2.45, 2.75) is 36.7 Å². The fraction of sp³-hybridized carbons (Fsp3) is 0.268. The number of rotatable bonds is 17. The van der Waals surface area contributed by atoms with E-state index in [0.717, 1.165) is 4.57 Å². The van der Waals surface area contributed by atoms with Gasteiger partial charge in [-0.25, -0.2) is 9.59 Å². The summed E-state index contributed by atoms with van der Waals surface area (Å²) in [7, 11) is -0.537. The maximum absolute atomic E-state index is 13.7. The predicted molar refractivity (Wildman–Crippen MR) is 207 cm³/mol. The van der Waals surface area contributed by atoms with Crippen molar-refractivity contribution in [1.82, 2.24) is 9.55 Å². The molecule has 2 heterocycles. The first-order valence-corrected chi connectivity index (χ1v) is 19.1. The maximum atomic E-state index is 13.7. The summed E-state index contributed by atoms with van der Waals surface area (Å²) in [5.74, 6) is -3.34. The zero-order valence-electron chi connectivity index (χ0n) is 31.6. The van der Waals surface area contributed by atoms with Crippen molar-refractivity contribution >= 4 is 25.9 Å². The van der Waals surface area contributed by atoms with Gasteiger partial charge in [0.15, 0.2) is 12.3 Å². The first kappa shape index (κ1) is 41.8. The van der Waals surface area contributed by atoms with Crippen molar-refractivity contribution in [3.05, 3.63) is 154 Å². The third-order valence-electron chi connectivity index (χ3n) is 9.31. The molecule has 1 aliphatic rings. The zero-order valence-corrected chi connectivity index (χ0v) is 32.5. The third kappa shape index (κ3) is 8.98. The number of esters is 1. The number of hydrogen-bond acceptors (Lipinski definition) is 13. The largest absolute Gasteiger partial charge is 0.697 e. The Morgan fingerprint density at radius 2 is 1.50 bits per heavy atom. The number of methoxy groups -OCH3 is 2. The lowest BCUT2D eigenvalue weighted by atomic mass is 9.79. The zero-order chi connectivity index (χ0) is 41.3. The van der Waals surface area contributed by atoms with Crippen LogP contribution in [0.25, 0.3) is 0 Å². The van der Waals surface area contributed by atoms with Gasteiger partial charge in [0.25, 0.3) is 11.7 Å². The first-order chi connectivity index (χ1) is 28.0. The normalized spacial score (nSPS) is 19.3. The molecule has 6 rings (SSSR count). The number of carbonyl (C=O) groups is 2. The van der Waals surface area contributed by atoms with E-state index in [-0.39, 0.29) is 12.4 Å². The van der Waals surface area contributed by atoms with Crippen LogP contribution in [0.2, 0.25) is 0 Å². The van der Waals surface area contributed by atoms with E-state index in [4.69, 9.17) is 32.9 Å². The number of aromatic nitrogens is 2. The molecule has 1 saturated heterocycles. The Balaban J connectivity index is 1.44. The van der Waals surface area contributed by atoms with Crippen molar-refractivity contribution in [2.75, 3.05) is 39.4 Å². The molecule has 1 aliphatic heterocycles. The summed E-state index contributed by atoms with van der Waals surface area (Å²) in [4.78, 5) is 53.1. The van der Waals surface area contributed by atoms with Gasteiger partial charge < -0.3 is 38.8 Å². The van der Waals surface area contributed by atoms with Gasteiger partial charge in [-0.2, -0.15) is 4.98 Å². The van der Waals surface area contributed by atoms with E-state index >= 15 is 0 Å². The number of ether oxygens (including phenoxy) is 6. The molecule has 17 heteroatoms. The lowest BCUT2D eigenvalue weighted by Gasteiger charge is -2.37. The average molecular weight is 815 g/mol. The summed E-state index contributed by atoms with van der Waals surface area (Å²) in [5.41, 5.74) is -0.411. The molecule has 1 amide bonds. The number of carbonyl (C=O) groups excluding carboxylic acids is 2. The van der Waals surface area contributed by atoms with Crippen LogP contribution in [0.1, 0.15) is 40.2 Å². The van der Waals surface area contributed by atoms with Crippen molar-refractivity contribution < 1.29 is 57.1 Å². The van der Waals surface area contributed by atoms with E-state index in [0.29, 0.717) is 33.8 Å². The molecular weight excluding hydrogens is 773 g/mol. The van der Waals surface area contributed by atoms with Gasteiger partial charge in [0.1, 0.15) is 35.6 Å². The highest BCUT2D eigenvalue weighted by molar-refractivity contribution is 7.32. The monoisotopic (exact) mass is 814 g/mol. The standard InChI is InChI=1S/C41H40N3O13P/c1-4-53-35(45)26-54-36-38(44-22-21-34(43-39(44)47)42-37(46)27-13-7-5-8-14-27)56-33(41(36,48)57-58(49)50)25-55-40(28-15-9-6-10-16-28,29-17-11-19-31(23-29)51-2)30-18-12-20-32(24-30)52-3/h5-24,33,36,38,48H,4,25-26H2,1-3H3,(H-,42,43,46,47,49,50)/p+1/t33-,36+,38-,41-/m1/s1. The van der Waals surface area contributed by atoms with Crippen molar-refractivity contribution in [3.8, 4) is 11.5 Å². The number of aliphatic hydroxyl groups is 1. The summed E-state index contributed by atoms with van der Waals surface area (Å²) in [6.45, 7) is 0.207. The van der Waals surface area contributed by atoms with Crippen LogP contribution in [0, 0.1) is 0 Å². The third-order valence-corrected chi connectivity index (χ3v) is 9.76. The number of hydrogen-bond donors (Lipinski definition) is 3. The minimum absolute atomic E-state index is 0.00216. The minimum Gasteiger partial charge on any atom is -0.497 e. The van der Waals surface area contributed by atoms with E-state index in [1.54, 1.807) is 73.7 Å². The summed E-state index contributed by atoms with van der Waals surface area (Å²) < 4.78 is 53.9. The van der Waals surface area contributed by atoms with Gasteiger partial charge in [-0.05, 0) is 66.1 Å². The molecule has 0 radical (unpaired) electrons. The van der Waals surface area contributed by atoms with E-state index in [1.807, 2.05) is 42.5 Å². The molecule has 0 saturated carbocycles. The highest BCUT2D eigenvalue weighted by Gasteiger charge is 2.64. The lowest BCUT2D eigenvalue weighted by Crippen LogP contribution is -2.53. The van der Waals surface area contributed by atoms with Gasteiger partial charge in [-0.3, -0.25) is 9.36 Å². The van der Waals surface area contributed by atoms with Gasteiger partial charge in [0.05, 0.1) is 27.4 Å². The van der Waals surface area contributed by atoms with E-state index < -0.39 is 68.9 Å². The molecule has 1 fully saturated rings. The molecule has 1 unspecified atom stereocenters. The van der Waals surface area contributed by atoms with Gasteiger partial charge >= 0.3 is 19.9 Å². The van der Waals surface area contributed by atoms with Crippen LogP contribution in [0.5, 0.6) is 11.5 Å². The highest BCUT2D eigenvalue weighted by Crippen LogP contribution is 2.47. The first-order valence-electron chi connectivity index (χ1n) is 18.0. The van der Waals surface area contributed by atoms with Crippen LogP contribution in [-0.2, 0) is 38.4 Å². The molecule has 0 spiro atoms. The van der Waals surface area contributed by atoms with Crippen LogP contribution in [0.3, 0.4) is 0 Å². The van der Waals surface area contributed by atoms with Gasteiger partial charge in [0.2, 0.25) is 0 Å². The summed E-state index contributed by atoms with van der Waals surface area (Å²) in [6, 6.07) is 32.9. The van der Waals surface area contributed by atoms with Crippen LogP contribution in [-0.4, -0.2) is 83.5 Å². The van der Waals surface area contributed by atoms with Crippen LogP contribution < -0.4 is 20.5 Å². The molecule has 3 N–H and O–H groups in total. The van der Waals surface area contributed by atoms with Crippen LogP contribution >= 0.6 is 8.25 Å². The highest BCUT2D eigenvalue weighted by atomic mass is 31.1. The van der Waals surface area contributed by atoms with E-state index in [1.165, 1.54) is 26.5 Å². The Morgan fingerprint density at radius 1 is 0.897 bits per heavy atom. The van der Waals surface area contributed by atoms with Crippen LogP contribution in [0.4, 0.5) is 5.82 Å². The van der Waals surface area contributed by atoms with Gasteiger partial charge in [-0.15, -0.1) is 4.89 Å². The Bertz CT molecular complexity index is 2230. The molecule has 4 aromatic carbocycles. The fourth-order valence-corrected chi connectivity index (χ4v) is 7.13. The predicted octanol–water partition coefficient (Wildman–Crippen LogP) is 4.72. The second-order valence-corrected chi connectivity index (χ2v) is 13.4.